The van der Waals surface area contributed by atoms with Crippen molar-refractivity contribution in [1.82, 2.24) is 10.0 Å². The molecule has 0 radical (unpaired) electrons. The van der Waals surface area contributed by atoms with Crippen molar-refractivity contribution in [3.8, 4) is 0 Å². The third kappa shape index (κ3) is 4.37. The first-order valence-corrected chi connectivity index (χ1v) is 7.89. The number of halogens is 3. The Bertz CT molecular complexity index is 569. The zero-order valence-electron chi connectivity index (χ0n) is 10.9. The monoisotopic (exact) mass is 326 g/mol. The lowest BCUT2D eigenvalue weighted by Gasteiger charge is -2.32. The molecule has 20 heavy (non-hydrogen) atoms. The fourth-order valence-electron chi connectivity index (χ4n) is 2.40. The normalized spacial score (nSPS) is 23.1. The molecule has 1 aromatic rings. The first kappa shape index (κ1) is 17.3. The third-order valence-corrected chi connectivity index (χ3v) is 3.95. The average Bonchev–Trinajstić information content (AvgIpc) is 2.31. The van der Waals surface area contributed by atoms with Crippen molar-refractivity contribution in [2.45, 2.75) is 18.4 Å². The number of benzene rings is 1. The smallest absolute Gasteiger partial charge is 0.209 e. The van der Waals surface area contributed by atoms with Gasteiger partial charge in [0.15, 0.2) is 11.6 Å². The van der Waals surface area contributed by atoms with E-state index < -0.39 is 21.7 Å². The second kappa shape index (κ2) is 6.80. The molecule has 114 valence electrons. The van der Waals surface area contributed by atoms with E-state index in [1.165, 1.54) is 6.07 Å². The van der Waals surface area contributed by atoms with Gasteiger partial charge >= 0.3 is 0 Å². The van der Waals surface area contributed by atoms with Crippen LogP contribution in [0.5, 0.6) is 0 Å². The molecule has 1 fully saturated rings. The van der Waals surface area contributed by atoms with E-state index >= 15 is 0 Å². The van der Waals surface area contributed by atoms with Crippen LogP contribution in [0.4, 0.5) is 8.78 Å². The summed E-state index contributed by atoms with van der Waals surface area (Å²) in [6, 6.07) is 3.37. The van der Waals surface area contributed by atoms with Gasteiger partial charge in [0.1, 0.15) is 0 Å². The highest BCUT2D eigenvalue weighted by Gasteiger charge is 2.29. The van der Waals surface area contributed by atoms with Crippen molar-refractivity contribution in [2.24, 2.45) is 0 Å². The highest BCUT2D eigenvalue weighted by molar-refractivity contribution is 7.88. The molecule has 8 heteroatoms. The minimum atomic E-state index is -3.34. The lowest BCUT2D eigenvalue weighted by molar-refractivity contribution is 0.377. The van der Waals surface area contributed by atoms with Gasteiger partial charge in [-0.3, -0.25) is 0 Å². The van der Waals surface area contributed by atoms with Crippen LogP contribution >= 0.6 is 12.4 Å². The number of hydrogen-bond donors (Lipinski definition) is 2. The van der Waals surface area contributed by atoms with E-state index in [0.29, 0.717) is 25.1 Å². The Morgan fingerprint density at radius 3 is 2.60 bits per heavy atom. The SMILES string of the molecule is CS(=O)(=O)NC1CNCCC1c1ccc(F)c(F)c1.Cl. The molecule has 0 spiro atoms. The molecule has 4 nitrogen and oxygen atoms in total. The van der Waals surface area contributed by atoms with Gasteiger partial charge in [0, 0.05) is 18.5 Å². The maximum Gasteiger partial charge on any atom is 0.209 e. The van der Waals surface area contributed by atoms with Crippen LogP contribution < -0.4 is 10.0 Å². The standard InChI is InChI=1S/C12H16F2N2O2S.ClH/c1-19(17,18)16-12-7-15-5-4-9(12)8-2-3-10(13)11(14)6-8;/h2-3,6,9,12,15-16H,4-5,7H2,1H3;1H. The van der Waals surface area contributed by atoms with Gasteiger partial charge in [-0.05, 0) is 30.7 Å². The molecule has 2 unspecified atom stereocenters. The topological polar surface area (TPSA) is 58.2 Å². The van der Waals surface area contributed by atoms with Gasteiger partial charge in [-0.25, -0.2) is 21.9 Å². The zero-order valence-corrected chi connectivity index (χ0v) is 12.5. The molecule has 2 atom stereocenters. The largest absolute Gasteiger partial charge is 0.315 e. The van der Waals surface area contributed by atoms with Gasteiger partial charge in [-0.1, -0.05) is 6.07 Å². The summed E-state index contributed by atoms with van der Waals surface area (Å²) in [6.45, 7) is 1.18. The van der Waals surface area contributed by atoms with E-state index in [1.54, 1.807) is 0 Å². The molecule has 1 aliphatic rings. The van der Waals surface area contributed by atoms with E-state index in [9.17, 15) is 17.2 Å². The van der Waals surface area contributed by atoms with Crippen LogP contribution in [-0.4, -0.2) is 33.8 Å². The summed E-state index contributed by atoms with van der Waals surface area (Å²) >= 11 is 0. The molecule has 0 bridgehead atoms. The Morgan fingerprint density at radius 1 is 1.30 bits per heavy atom. The predicted molar refractivity (Wildman–Crippen MR) is 75.6 cm³/mol. The Labute approximate surface area is 123 Å². The van der Waals surface area contributed by atoms with E-state index in [0.717, 1.165) is 18.4 Å². The first-order chi connectivity index (χ1) is 8.87. The summed E-state index contributed by atoms with van der Waals surface area (Å²) < 4.78 is 51.4. The summed E-state index contributed by atoms with van der Waals surface area (Å²) in [5.74, 6) is -1.97. The maximum atomic E-state index is 13.3. The molecule has 1 heterocycles. The van der Waals surface area contributed by atoms with Crippen LogP contribution in [-0.2, 0) is 10.0 Å². The minimum absolute atomic E-state index is 0. The lowest BCUT2D eigenvalue weighted by atomic mass is 9.86. The van der Waals surface area contributed by atoms with Gasteiger partial charge in [-0.15, -0.1) is 12.4 Å². The summed E-state index contributed by atoms with van der Waals surface area (Å²) in [6.07, 6.45) is 1.75. The molecule has 0 amide bonds. The first-order valence-electron chi connectivity index (χ1n) is 6.00. The summed E-state index contributed by atoms with van der Waals surface area (Å²) in [7, 11) is -3.34. The summed E-state index contributed by atoms with van der Waals surface area (Å²) in [5.41, 5.74) is 0.613. The van der Waals surface area contributed by atoms with Crippen LogP contribution in [0, 0.1) is 11.6 Å². The second-order valence-electron chi connectivity index (χ2n) is 4.77. The van der Waals surface area contributed by atoms with Gasteiger partial charge in [-0.2, -0.15) is 0 Å². The number of piperidine rings is 1. The summed E-state index contributed by atoms with van der Waals surface area (Å²) in [4.78, 5) is 0. The Morgan fingerprint density at radius 2 is 2.00 bits per heavy atom. The van der Waals surface area contributed by atoms with E-state index in [4.69, 9.17) is 0 Å². The molecule has 0 aromatic heterocycles. The van der Waals surface area contributed by atoms with Gasteiger partial charge < -0.3 is 5.32 Å². The van der Waals surface area contributed by atoms with Crippen LogP contribution in [0.15, 0.2) is 18.2 Å². The van der Waals surface area contributed by atoms with E-state index in [1.807, 2.05) is 0 Å². The van der Waals surface area contributed by atoms with Gasteiger partial charge in [0.2, 0.25) is 10.0 Å². The Hall–Kier alpha value is -0.760. The molecule has 1 saturated heterocycles. The van der Waals surface area contributed by atoms with Crippen molar-refractivity contribution >= 4 is 22.4 Å². The molecule has 0 saturated carbocycles. The highest BCUT2D eigenvalue weighted by Crippen LogP contribution is 2.27. The van der Waals surface area contributed by atoms with Gasteiger partial charge in [0.25, 0.3) is 0 Å². The van der Waals surface area contributed by atoms with Crippen LogP contribution in [0.1, 0.15) is 17.9 Å². The Kier molecular flexibility index (Phi) is 5.88. The van der Waals surface area contributed by atoms with Gasteiger partial charge in [0.05, 0.1) is 6.26 Å². The maximum absolute atomic E-state index is 13.3. The molecule has 0 aliphatic carbocycles. The fourth-order valence-corrected chi connectivity index (χ4v) is 3.20. The number of sulfonamides is 1. The van der Waals surface area contributed by atoms with Crippen LogP contribution in [0.3, 0.4) is 0 Å². The number of nitrogens with one attached hydrogen (secondary N) is 2. The van der Waals surface area contributed by atoms with E-state index in [2.05, 4.69) is 10.0 Å². The van der Waals surface area contributed by atoms with Crippen molar-refractivity contribution in [3.63, 3.8) is 0 Å². The van der Waals surface area contributed by atoms with Crippen LogP contribution in [0.2, 0.25) is 0 Å². The molecule has 1 aromatic carbocycles. The van der Waals surface area contributed by atoms with Crippen molar-refractivity contribution in [3.05, 3.63) is 35.4 Å². The second-order valence-corrected chi connectivity index (χ2v) is 6.55. The lowest BCUT2D eigenvalue weighted by Crippen LogP contribution is -2.49. The molecule has 2 N–H and O–H groups in total. The van der Waals surface area contributed by atoms with Crippen molar-refractivity contribution in [2.75, 3.05) is 19.3 Å². The molecule has 1 aliphatic heterocycles. The molecular formula is C12H17ClF2N2O2S. The summed E-state index contributed by atoms with van der Waals surface area (Å²) in [5, 5.41) is 3.09. The molecule has 2 rings (SSSR count). The number of hydrogen-bond acceptors (Lipinski definition) is 3. The predicted octanol–water partition coefficient (Wildman–Crippen LogP) is 1.38. The van der Waals surface area contributed by atoms with Crippen LogP contribution in [0.25, 0.3) is 0 Å². The minimum Gasteiger partial charge on any atom is -0.315 e. The van der Waals surface area contributed by atoms with E-state index in [-0.39, 0.29) is 24.4 Å². The highest BCUT2D eigenvalue weighted by atomic mass is 35.5. The zero-order chi connectivity index (χ0) is 14.0. The van der Waals surface area contributed by atoms with Crippen molar-refractivity contribution < 1.29 is 17.2 Å². The fraction of sp³-hybridized carbons (Fsp3) is 0.500. The Balaban J connectivity index is 0.00000200. The van der Waals surface area contributed by atoms with Crippen molar-refractivity contribution in [1.29, 1.82) is 0 Å². The molecular weight excluding hydrogens is 310 g/mol. The average molecular weight is 327 g/mol. The number of rotatable bonds is 3. The quantitative estimate of drug-likeness (QED) is 0.882. The third-order valence-electron chi connectivity index (χ3n) is 3.22.